The first-order valence-corrected chi connectivity index (χ1v) is 21.9. The number of ether oxygens (including phenoxy) is 4. The van der Waals surface area contributed by atoms with Gasteiger partial charge in [0.25, 0.3) is 0 Å². The molecule has 2 heterocycles. The lowest BCUT2D eigenvalue weighted by atomic mass is 9.65. The van der Waals surface area contributed by atoms with Crippen LogP contribution in [0.5, 0.6) is 0 Å². The van der Waals surface area contributed by atoms with Crippen LogP contribution in [0.2, 0.25) is 0 Å². The highest BCUT2D eigenvalue weighted by Gasteiger charge is 2.42. The number of fused-ring (bicyclic) bond motifs is 1. The third kappa shape index (κ3) is 13.6. The minimum atomic E-state index is -0.734. The minimum Gasteiger partial charge on any atom is -0.462 e. The molecule has 4 aliphatic rings. The van der Waals surface area contributed by atoms with Crippen LogP contribution in [-0.4, -0.2) is 59.8 Å². The number of allylic oxidation sites excluding steroid dienone is 3. The van der Waals surface area contributed by atoms with E-state index >= 15 is 0 Å². The molecular formula is C40H62O8S2. The van der Waals surface area contributed by atoms with Gasteiger partial charge >= 0.3 is 18.1 Å². The molecule has 8 nitrogen and oxygen atoms in total. The molecule has 2 fully saturated rings. The SMILES string of the molecule is CCC(C)C(=O)OC1CC(C)C=C2C=CC(C)C(CCC3CC(OC(=O)OCCCCCCCC(=O)CCCCC4CCSS4)CC(=O)O3)C21. The Morgan fingerprint density at radius 2 is 1.72 bits per heavy atom. The molecule has 0 radical (unpaired) electrons. The molecule has 2 aliphatic carbocycles. The van der Waals surface area contributed by atoms with Gasteiger partial charge in [-0.15, -0.1) is 0 Å². The molecule has 282 valence electrons. The Morgan fingerprint density at radius 3 is 2.48 bits per heavy atom. The summed E-state index contributed by atoms with van der Waals surface area (Å²) in [5, 5.41) is 0.792. The van der Waals surface area contributed by atoms with E-state index in [0.717, 1.165) is 69.5 Å². The predicted octanol–water partition coefficient (Wildman–Crippen LogP) is 9.98. The topological polar surface area (TPSA) is 105 Å². The van der Waals surface area contributed by atoms with Crippen LogP contribution >= 0.6 is 21.6 Å². The smallest absolute Gasteiger partial charge is 0.462 e. The highest BCUT2D eigenvalue weighted by Crippen LogP contribution is 2.45. The molecule has 10 heteroatoms. The average molecular weight is 735 g/mol. The summed E-state index contributed by atoms with van der Waals surface area (Å²) in [4.78, 5) is 49.9. The first kappa shape index (κ1) is 40.8. The number of Topliss-reactive ketones (excluding diaryl/α,β-unsaturated/α-hetero) is 1. The van der Waals surface area contributed by atoms with E-state index in [-0.39, 0.29) is 54.9 Å². The van der Waals surface area contributed by atoms with E-state index in [1.165, 1.54) is 24.2 Å². The van der Waals surface area contributed by atoms with E-state index in [4.69, 9.17) is 18.9 Å². The molecule has 0 saturated carbocycles. The van der Waals surface area contributed by atoms with E-state index in [2.05, 4.69) is 32.1 Å². The highest BCUT2D eigenvalue weighted by atomic mass is 33.1. The van der Waals surface area contributed by atoms with Crippen LogP contribution < -0.4 is 0 Å². The minimum absolute atomic E-state index is 0.0344. The number of carbonyl (C=O) groups is 4. The lowest BCUT2D eigenvalue weighted by Gasteiger charge is -2.43. The fourth-order valence-electron chi connectivity index (χ4n) is 7.81. The molecule has 50 heavy (non-hydrogen) atoms. The number of unbranched alkanes of at least 4 members (excludes halogenated alkanes) is 5. The Hall–Kier alpha value is -1.94. The van der Waals surface area contributed by atoms with Crippen molar-refractivity contribution in [2.45, 2.75) is 160 Å². The summed E-state index contributed by atoms with van der Waals surface area (Å²) in [6.07, 6.45) is 19.2. The van der Waals surface area contributed by atoms with Crippen LogP contribution in [0.15, 0.2) is 23.8 Å². The molecule has 0 bridgehead atoms. The Balaban J connectivity index is 1.10. The average Bonchev–Trinajstić information content (AvgIpc) is 3.60. The summed E-state index contributed by atoms with van der Waals surface area (Å²) in [6.45, 7) is 8.58. The number of hydrogen-bond donors (Lipinski definition) is 0. The van der Waals surface area contributed by atoms with Crippen molar-refractivity contribution >= 4 is 45.5 Å². The largest absolute Gasteiger partial charge is 0.508 e. The fourth-order valence-corrected chi connectivity index (χ4v) is 10.8. The zero-order valence-corrected chi connectivity index (χ0v) is 32.6. The zero-order chi connectivity index (χ0) is 35.9. The molecule has 2 aliphatic heterocycles. The summed E-state index contributed by atoms with van der Waals surface area (Å²) in [5.74, 6) is 2.02. The Labute approximate surface area is 308 Å². The Bertz CT molecular complexity index is 1160. The number of cyclic esters (lactones) is 1. The Kier molecular flexibility index (Phi) is 17.6. The van der Waals surface area contributed by atoms with Gasteiger partial charge in [0.15, 0.2) is 0 Å². The first-order chi connectivity index (χ1) is 24.1. The molecule has 0 aromatic rings. The number of ketones is 1. The summed E-state index contributed by atoms with van der Waals surface area (Å²) >= 11 is 0. The maximum Gasteiger partial charge on any atom is 0.508 e. The van der Waals surface area contributed by atoms with Gasteiger partial charge in [-0.05, 0) is 81.1 Å². The summed E-state index contributed by atoms with van der Waals surface area (Å²) in [6, 6.07) is 0. The number of esters is 2. The van der Waals surface area contributed by atoms with Gasteiger partial charge in [0, 0.05) is 36.2 Å². The van der Waals surface area contributed by atoms with Crippen molar-refractivity contribution in [1.29, 1.82) is 0 Å². The van der Waals surface area contributed by atoms with Crippen molar-refractivity contribution in [3.8, 4) is 0 Å². The van der Waals surface area contributed by atoms with E-state index in [1.54, 1.807) is 0 Å². The van der Waals surface area contributed by atoms with Crippen molar-refractivity contribution < 1.29 is 38.1 Å². The normalized spacial score (nSPS) is 29.8. The van der Waals surface area contributed by atoms with Crippen LogP contribution in [0.25, 0.3) is 0 Å². The standard InChI is InChI=1S/C40H62O8S2/c1-5-28(3)39(43)48-36-24-27(2)23-30-17-16-29(4)35(38(30)36)19-18-32-25-33(26-37(42)46-32)47-40(44)45-21-12-8-6-7-9-13-31(41)14-10-11-15-34-20-22-49-50-34/h16-17,23,27-29,32-36,38H,5-15,18-22,24-26H2,1-4H3. The second-order valence-corrected chi connectivity index (χ2v) is 18.0. The zero-order valence-electron chi connectivity index (χ0n) is 30.9. The van der Waals surface area contributed by atoms with Gasteiger partial charge in [-0.2, -0.15) is 0 Å². The first-order valence-electron chi connectivity index (χ1n) is 19.6. The molecule has 9 atom stereocenters. The molecule has 0 spiro atoms. The molecule has 0 aromatic carbocycles. The lowest BCUT2D eigenvalue weighted by molar-refractivity contribution is -0.163. The third-order valence-corrected chi connectivity index (χ3v) is 14.0. The van der Waals surface area contributed by atoms with Crippen molar-refractivity contribution in [1.82, 2.24) is 0 Å². The molecule has 4 rings (SSSR count). The Morgan fingerprint density at radius 1 is 0.960 bits per heavy atom. The maximum atomic E-state index is 12.8. The van der Waals surface area contributed by atoms with Gasteiger partial charge in [-0.25, -0.2) is 4.79 Å². The molecule has 9 unspecified atom stereocenters. The highest BCUT2D eigenvalue weighted by molar-refractivity contribution is 8.77. The molecule has 2 saturated heterocycles. The van der Waals surface area contributed by atoms with Crippen molar-refractivity contribution in [2.75, 3.05) is 12.4 Å². The second kappa shape index (κ2) is 21.6. The molecular weight excluding hydrogens is 673 g/mol. The van der Waals surface area contributed by atoms with E-state index in [9.17, 15) is 19.2 Å². The van der Waals surface area contributed by atoms with Gasteiger partial charge in [0.05, 0.1) is 18.9 Å². The van der Waals surface area contributed by atoms with Gasteiger partial charge < -0.3 is 18.9 Å². The third-order valence-electron chi connectivity index (χ3n) is 11.0. The molecule has 0 N–H and O–H groups in total. The molecule has 0 amide bonds. The van der Waals surface area contributed by atoms with Crippen LogP contribution in [-0.2, 0) is 33.3 Å². The molecule has 0 aromatic heterocycles. The van der Waals surface area contributed by atoms with Crippen LogP contribution in [0.3, 0.4) is 0 Å². The van der Waals surface area contributed by atoms with Crippen LogP contribution in [0.4, 0.5) is 4.79 Å². The van der Waals surface area contributed by atoms with Gasteiger partial charge in [-0.1, -0.05) is 93.2 Å². The van der Waals surface area contributed by atoms with E-state index in [0.29, 0.717) is 43.3 Å². The van der Waals surface area contributed by atoms with Gasteiger partial charge in [0.2, 0.25) is 0 Å². The van der Waals surface area contributed by atoms with Crippen LogP contribution in [0.1, 0.15) is 137 Å². The summed E-state index contributed by atoms with van der Waals surface area (Å²) < 4.78 is 22.7. The van der Waals surface area contributed by atoms with Crippen molar-refractivity contribution in [3.63, 3.8) is 0 Å². The van der Waals surface area contributed by atoms with Crippen molar-refractivity contribution in [2.24, 2.45) is 29.6 Å². The second-order valence-electron chi connectivity index (χ2n) is 15.2. The number of carbonyl (C=O) groups excluding carboxylic acids is 4. The van der Waals surface area contributed by atoms with Gasteiger partial charge in [-0.3, -0.25) is 14.4 Å². The summed E-state index contributed by atoms with van der Waals surface area (Å²) in [7, 11) is 3.99. The van der Waals surface area contributed by atoms with E-state index < -0.39 is 12.3 Å². The van der Waals surface area contributed by atoms with Crippen molar-refractivity contribution in [3.05, 3.63) is 23.8 Å². The van der Waals surface area contributed by atoms with Gasteiger partial charge in [0.1, 0.15) is 24.1 Å². The fraction of sp³-hybridized carbons (Fsp3) is 0.800. The van der Waals surface area contributed by atoms with E-state index in [1.807, 2.05) is 35.4 Å². The number of hydrogen-bond acceptors (Lipinski definition) is 10. The predicted molar refractivity (Wildman–Crippen MR) is 201 cm³/mol. The quantitative estimate of drug-likeness (QED) is 0.0519. The van der Waals surface area contributed by atoms with Crippen LogP contribution in [0, 0.1) is 29.6 Å². The maximum absolute atomic E-state index is 12.8. The summed E-state index contributed by atoms with van der Waals surface area (Å²) in [5.41, 5.74) is 1.24. The monoisotopic (exact) mass is 734 g/mol. The number of rotatable bonds is 20. The lowest BCUT2D eigenvalue weighted by Crippen LogP contribution is -2.42.